The zero-order valence-corrected chi connectivity index (χ0v) is 20.7. The third kappa shape index (κ3) is 5.17. The van der Waals surface area contributed by atoms with Crippen molar-refractivity contribution in [2.45, 2.75) is 32.9 Å². The van der Waals surface area contributed by atoms with Gasteiger partial charge in [0.1, 0.15) is 6.61 Å². The number of nitrogens with zero attached hydrogens (tertiary/aromatic N) is 1. The van der Waals surface area contributed by atoms with E-state index >= 15 is 0 Å². The van der Waals surface area contributed by atoms with Gasteiger partial charge in [-0.25, -0.2) is 0 Å². The Balaban J connectivity index is 1.79. The first-order chi connectivity index (χ1) is 14.2. The second-order valence-corrected chi connectivity index (χ2v) is 9.73. The fraction of sp³-hybridized carbons (Fsp3) is 0.238. The number of carbonyl (C=O) groups excluding carboxylic acids is 2. The lowest BCUT2D eigenvalue weighted by molar-refractivity contribution is -0.124. The zero-order valence-electron chi connectivity index (χ0n) is 16.0. The summed E-state index contributed by atoms with van der Waals surface area (Å²) in [5, 5.41) is 1.04. The Kier molecular flexibility index (Phi) is 7.80. The van der Waals surface area contributed by atoms with Gasteiger partial charge in [0.2, 0.25) is 0 Å². The molecule has 1 aliphatic rings. The number of halogens is 4. The molecule has 1 heterocycles. The maximum Gasteiger partial charge on any atom is 0.293 e. The highest BCUT2D eigenvalue weighted by Crippen LogP contribution is 2.38. The van der Waals surface area contributed by atoms with Crippen molar-refractivity contribution in [2.24, 2.45) is 0 Å². The summed E-state index contributed by atoms with van der Waals surface area (Å²) >= 11 is 22.8. The van der Waals surface area contributed by atoms with Gasteiger partial charge in [0.25, 0.3) is 11.1 Å². The van der Waals surface area contributed by atoms with Crippen LogP contribution in [0.15, 0.2) is 39.7 Å². The average molecular weight is 550 g/mol. The largest absolute Gasteiger partial charge is 0.486 e. The molecule has 2 aromatic rings. The number of hydrogen-bond acceptors (Lipinski definition) is 4. The number of ether oxygens (including phenoxy) is 1. The summed E-state index contributed by atoms with van der Waals surface area (Å²) in [4.78, 5) is 26.4. The van der Waals surface area contributed by atoms with Crippen molar-refractivity contribution in [3.63, 3.8) is 0 Å². The molecular formula is C21H17BrCl3NO3S. The molecule has 0 radical (unpaired) electrons. The molecule has 0 bridgehead atoms. The molecule has 0 saturated carbocycles. The van der Waals surface area contributed by atoms with Crippen LogP contribution in [0, 0.1) is 0 Å². The minimum Gasteiger partial charge on any atom is -0.486 e. The zero-order chi connectivity index (χ0) is 22.0. The Bertz CT molecular complexity index is 1020. The smallest absolute Gasteiger partial charge is 0.293 e. The molecule has 3 rings (SSSR count). The van der Waals surface area contributed by atoms with Crippen LogP contribution in [0.25, 0.3) is 6.08 Å². The van der Waals surface area contributed by atoms with E-state index in [1.54, 1.807) is 30.3 Å². The van der Waals surface area contributed by atoms with Crippen LogP contribution in [0.3, 0.4) is 0 Å². The molecule has 0 aromatic heterocycles. The quantitative estimate of drug-likeness (QED) is 0.345. The highest BCUT2D eigenvalue weighted by molar-refractivity contribution is 9.10. The summed E-state index contributed by atoms with van der Waals surface area (Å²) < 4.78 is 6.47. The summed E-state index contributed by atoms with van der Waals surface area (Å²) in [5.74, 6) is 0.180. The molecule has 2 amide bonds. The second-order valence-electron chi connectivity index (χ2n) is 6.66. The summed E-state index contributed by atoms with van der Waals surface area (Å²) in [6.07, 6.45) is 2.36. The lowest BCUT2D eigenvalue weighted by Crippen LogP contribution is -2.36. The number of amides is 2. The van der Waals surface area contributed by atoms with Gasteiger partial charge in [-0.15, -0.1) is 0 Å². The minimum absolute atomic E-state index is 0.143. The molecule has 1 atom stereocenters. The number of rotatable bonds is 6. The van der Waals surface area contributed by atoms with E-state index in [-0.39, 0.29) is 23.8 Å². The monoisotopic (exact) mass is 547 g/mol. The Labute approximate surface area is 202 Å². The molecule has 4 nitrogen and oxygen atoms in total. The summed E-state index contributed by atoms with van der Waals surface area (Å²) in [6.45, 7) is 4.04. The highest BCUT2D eigenvalue weighted by Gasteiger charge is 2.37. The predicted molar refractivity (Wildman–Crippen MR) is 128 cm³/mol. The fourth-order valence-electron chi connectivity index (χ4n) is 2.78. The molecular weight excluding hydrogens is 533 g/mol. The molecule has 0 N–H and O–H groups in total. The first kappa shape index (κ1) is 23.5. The Morgan fingerprint density at radius 3 is 2.50 bits per heavy atom. The van der Waals surface area contributed by atoms with Gasteiger partial charge >= 0.3 is 0 Å². The maximum absolute atomic E-state index is 12.6. The van der Waals surface area contributed by atoms with Gasteiger partial charge in [-0.2, -0.15) is 0 Å². The molecule has 30 heavy (non-hydrogen) atoms. The van der Waals surface area contributed by atoms with Gasteiger partial charge in [-0.05, 0) is 82.5 Å². The van der Waals surface area contributed by atoms with Crippen molar-refractivity contribution in [3.8, 4) is 5.75 Å². The van der Waals surface area contributed by atoms with E-state index in [4.69, 9.17) is 39.5 Å². The molecule has 0 unspecified atom stereocenters. The molecule has 9 heteroatoms. The van der Waals surface area contributed by atoms with E-state index in [1.165, 1.54) is 4.90 Å². The van der Waals surface area contributed by atoms with Crippen molar-refractivity contribution in [3.05, 3.63) is 65.9 Å². The van der Waals surface area contributed by atoms with Gasteiger partial charge < -0.3 is 4.74 Å². The SMILES string of the molecule is CC[C@@H](C)N1C(=O)S/C(=C/c2cc(Cl)c(OCc3ccc(Cl)c(Cl)c3)c(Br)c2)C1=O. The lowest BCUT2D eigenvalue weighted by atomic mass is 10.2. The van der Waals surface area contributed by atoms with E-state index in [1.807, 2.05) is 19.9 Å². The number of thioether (sulfide) groups is 1. The van der Waals surface area contributed by atoms with Crippen LogP contribution in [-0.2, 0) is 11.4 Å². The van der Waals surface area contributed by atoms with Crippen molar-refractivity contribution in [2.75, 3.05) is 0 Å². The first-order valence-corrected chi connectivity index (χ1v) is 11.8. The molecule has 1 fully saturated rings. The number of benzene rings is 2. The first-order valence-electron chi connectivity index (χ1n) is 9.04. The maximum atomic E-state index is 12.6. The van der Waals surface area contributed by atoms with Crippen LogP contribution in [-0.4, -0.2) is 22.1 Å². The van der Waals surface area contributed by atoms with Crippen LogP contribution < -0.4 is 4.74 Å². The minimum atomic E-state index is -0.286. The number of carbonyl (C=O) groups is 2. The fourth-order valence-corrected chi connectivity index (χ4v) is 5.02. The molecule has 1 saturated heterocycles. The van der Waals surface area contributed by atoms with Gasteiger partial charge in [0.15, 0.2) is 5.75 Å². The van der Waals surface area contributed by atoms with Crippen LogP contribution >= 0.6 is 62.5 Å². The number of hydrogen-bond donors (Lipinski definition) is 0. The van der Waals surface area contributed by atoms with Gasteiger partial charge in [0.05, 0.1) is 24.4 Å². The molecule has 158 valence electrons. The van der Waals surface area contributed by atoms with Gasteiger partial charge in [0, 0.05) is 6.04 Å². The summed E-state index contributed by atoms with van der Waals surface area (Å²) in [5.41, 5.74) is 1.53. The van der Waals surface area contributed by atoms with Crippen LogP contribution in [0.4, 0.5) is 4.79 Å². The van der Waals surface area contributed by atoms with Crippen molar-refractivity contribution in [1.29, 1.82) is 0 Å². The summed E-state index contributed by atoms with van der Waals surface area (Å²) in [6, 6.07) is 8.58. The van der Waals surface area contributed by atoms with Crippen LogP contribution in [0.2, 0.25) is 15.1 Å². The van der Waals surface area contributed by atoms with Crippen molar-refractivity contribution < 1.29 is 14.3 Å². The Morgan fingerprint density at radius 1 is 1.13 bits per heavy atom. The second kappa shape index (κ2) is 9.96. The lowest BCUT2D eigenvalue weighted by Gasteiger charge is -2.19. The molecule has 0 aliphatic carbocycles. The van der Waals surface area contributed by atoms with Crippen LogP contribution in [0.1, 0.15) is 31.4 Å². The topological polar surface area (TPSA) is 46.6 Å². The van der Waals surface area contributed by atoms with E-state index in [9.17, 15) is 9.59 Å². The van der Waals surface area contributed by atoms with Gasteiger partial charge in [-0.1, -0.05) is 47.8 Å². The average Bonchev–Trinajstić information content (AvgIpc) is 2.96. The third-order valence-corrected chi connectivity index (χ3v) is 7.03. The van der Waals surface area contributed by atoms with E-state index in [2.05, 4.69) is 15.9 Å². The number of imide groups is 1. The standard InChI is InChI=1S/C21H17BrCl3NO3S/c1-3-11(2)26-20(27)18(30-21(26)28)9-13-6-14(22)19(17(25)8-13)29-10-12-4-5-15(23)16(24)7-12/h4-9,11H,3,10H2,1-2H3/b18-9+/t11-/m1/s1. The molecule has 0 spiro atoms. The normalized spacial score (nSPS) is 16.5. The van der Waals surface area contributed by atoms with E-state index in [0.29, 0.717) is 42.2 Å². The van der Waals surface area contributed by atoms with E-state index in [0.717, 1.165) is 17.3 Å². The third-order valence-electron chi connectivity index (χ3n) is 4.54. The Morgan fingerprint density at radius 2 is 1.87 bits per heavy atom. The van der Waals surface area contributed by atoms with Crippen molar-refractivity contribution >= 4 is 79.7 Å². The Hall–Kier alpha value is -1.18. The van der Waals surface area contributed by atoms with Crippen LogP contribution in [0.5, 0.6) is 5.75 Å². The molecule has 2 aromatic carbocycles. The highest BCUT2D eigenvalue weighted by atomic mass is 79.9. The summed E-state index contributed by atoms with van der Waals surface area (Å²) in [7, 11) is 0. The van der Waals surface area contributed by atoms with E-state index < -0.39 is 0 Å². The van der Waals surface area contributed by atoms with Crippen molar-refractivity contribution in [1.82, 2.24) is 4.90 Å². The molecule has 1 aliphatic heterocycles. The predicted octanol–water partition coefficient (Wildman–Crippen LogP) is 7.82. The van der Waals surface area contributed by atoms with Gasteiger partial charge in [-0.3, -0.25) is 14.5 Å².